The summed E-state index contributed by atoms with van der Waals surface area (Å²) in [5.74, 6) is -1.56. The van der Waals surface area contributed by atoms with E-state index in [4.69, 9.17) is 18.9 Å². The van der Waals surface area contributed by atoms with E-state index in [1.165, 1.54) is 21.1 Å². The van der Waals surface area contributed by atoms with Gasteiger partial charge in [-0.2, -0.15) is 0 Å². The monoisotopic (exact) mass is 824 g/mol. The third-order valence-corrected chi connectivity index (χ3v) is 15.8. The molecule has 1 saturated carbocycles. The van der Waals surface area contributed by atoms with E-state index in [0.29, 0.717) is 76.0 Å². The summed E-state index contributed by atoms with van der Waals surface area (Å²) in [5.41, 5.74) is -1.58. The topological polar surface area (TPSA) is 154 Å². The Morgan fingerprint density at radius 2 is 1.72 bits per heavy atom. The van der Waals surface area contributed by atoms with Gasteiger partial charge in [-0.3, -0.25) is 14.5 Å². The van der Waals surface area contributed by atoms with Crippen molar-refractivity contribution < 1.29 is 43.5 Å². The van der Waals surface area contributed by atoms with Crippen LogP contribution in [0.5, 0.6) is 5.75 Å². The van der Waals surface area contributed by atoms with Crippen LogP contribution >= 0.6 is 0 Å². The number of H-pyrrole nitrogens is 1. The highest BCUT2D eigenvalue weighted by Gasteiger charge is 2.80. The van der Waals surface area contributed by atoms with E-state index in [2.05, 4.69) is 39.1 Å². The van der Waals surface area contributed by atoms with Gasteiger partial charge in [-0.1, -0.05) is 44.2 Å². The van der Waals surface area contributed by atoms with Crippen LogP contribution < -0.4 is 9.64 Å². The standard InChI is InChI=1S/C47H60N4O9/c1-8-43(55)24-29-25-46(41(53)58-6,37-31(15-12-19-50(26-29)27-43)30-14-10-11-16-34(30)48-37)33-22-32-35(23-36(33)57-5)49(4)39-45(32)18-21-51-20-13-17-44(9-2,38(45)51)40(60-28(3)52)47(39,56)42(54)59-7/h10-11,13-14,16-17,22-23,29,38-40,48,55-56H,8-9,12,15,18-21,24-27H2,1-7H3/t29-,38-,39+,40+,43-,44+,45+,46+,47-/m0/s1. The number of hydrogen-bond acceptors (Lipinski definition) is 12. The molecule has 9 rings (SSSR count). The molecule has 1 aliphatic carbocycles. The Hall–Kier alpha value is -4.43. The van der Waals surface area contributed by atoms with Crippen LogP contribution in [-0.2, 0) is 45.8 Å². The molecule has 6 heterocycles. The number of nitrogens with one attached hydrogen (secondary N) is 1. The van der Waals surface area contributed by atoms with Gasteiger partial charge in [0.25, 0.3) is 0 Å². The van der Waals surface area contributed by atoms with Gasteiger partial charge in [0.05, 0.1) is 33.0 Å². The zero-order valence-electron chi connectivity index (χ0n) is 36.0. The number of para-hydroxylation sites is 1. The van der Waals surface area contributed by atoms with Crippen molar-refractivity contribution in [1.82, 2.24) is 14.8 Å². The van der Waals surface area contributed by atoms with Crippen molar-refractivity contribution >= 4 is 34.5 Å². The van der Waals surface area contributed by atoms with Gasteiger partial charge < -0.3 is 43.9 Å². The zero-order chi connectivity index (χ0) is 42.6. The number of aliphatic hydroxyl groups is 2. The maximum atomic E-state index is 15.4. The van der Waals surface area contributed by atoms with Crippen molar-refractivity contribution in [3.8, 4) is 5.75 Å². The molecule has 10 atom stereocenters. The van der Waals surface area contributed by atoms with Gasteiger partial charge in [0.15, 0.2) is 6.10 Å². The highest BCUT2D eigenvalue weighted by molar-refractivity contribution is 5.95. The Morgan fingerprint density at radius 3 is 2.42 bits per heavy atom. The van der Waals surface area contributed by atoms with Crippen molar-refractivity contribution in [2.24, 2.45) is 11.3 Å². The van der Waals surface area contributed by atoms with Crippen LogP contribution in [-0.4, -0.2) is 133 Å². The summed E-state index contributed by atoms with van der Waals surface area (Å²) < 4.78 is 24.0. The number of aryl methyl sites for hydroxylation is 1. The molecule has 1 aromatic heterocycles. The van der Waals surface area contributed by atoms with Crippen molar-refractivity contribution in [3.05, 3.63) is 70.9 Å². The normalized spacial score (nSPS) is 36.8. The number of esters is 3. The summed E-state index contributed by atoms with van der Waals surface area (Å²) in [6.45, 7) is 8.77. The molecule has 13 heteroatoms. The molecule has 13 nitrogen and oxygen atoms in total. The molecule has 322 valence electrons. The van der Waals surface area contributed by atoms with Crippen LogP contribution in [0.2, 0.25) is 0 Å². The Morgan fingerprint density at radius 1 is 0.950 bits per heavy atom. The molecule has 6 aliphatic rings. The molecule has 1 spiro atoms. The van der Waals surface area contributed by atoms with E-state index in [-0.39, 0.29) is 12.0 Å². The summed E-state index contributed by atoms with van der Waals surface area (Å²) >= 11 is 0. The molecule has 3 N–H and O–H groups in total. The zero-order valence-corrected chi connectivity index (χ0v) is 36.0. The Balaban J connectivity index is 1.37. The number of ether oxygens (including phenoxy) is 4. The summed E-state index contributed by atoms with van der Waals surface area (Å²) in [6.07, 6.45) is 6.84. The molecule has 1 unspecified atom stereocenters. The van der Waals surface area contributed by atoms with Crippen LogP contribution in [0.3, 0.4) is 0 Å². The van der Waals surface area contributed by atoms with E-state index in [1.54, 1.807) is 7.11 Å². The van der Waals surface area contributed by atoms with Gasteiger partial charge in [-0.05, 0) is 87.2 Å². The molecular formula is C47H60N4O9. The minimum Gasteiger partial charge on any atom is -0.496 e. The summed E-state index contributed by atoms with van der Waals surface area (Å²) in [6, 6.07) is 11.0. The van der Waals surface area contributed by atoms with E-state index in [1.807, 2.05) is 50.1 Å². The number of rotatable bonds is 7. The smallest absolute Gasteiger partial charge is 0.344 e. The molecule has 2 aromatic carbocycles. The van der Waals surface area contributed by atoms with Crippen molar-refractivity contribution in [2.75, 3.05) is 66.0 Å². The number of aromatic nitrogens is 1. The second-order valence-electron chi connectivity index (χ2n) is 18.6. The predicted octanol–water partition coefficient (Wildman–Crippen LogP) is 4.38. The first kappa shape index (κ1) is 40.9. The Labute approximate surface area is 352 Å². The molecule has 2 bridgehead atoms. The minimum atomic E-state index is -2.30. The second-order valence-corrected chi connectivity index (χ2v) is 18.6. The number of likely N-dealkylation sites (N-methyl/N-ethyl adjacent to an activating group) is 1. The highest BCUT2D eigenvalue weighted by Crippen LogP contribution is 2.68. The minimum absolute atomic E-state index is 0.103. The fourth-order valence-corrected chi connectivity index (χ4v) is 13.7. The number of piperidine rings is 1. The van der Waals surface area contributed by atoms with Crippen LogP contribution in [0, 0.1) is 11.3 Å². The fraction of sp³-hybridized carbons (Fsp3) is 0.596. The molecule has 2 saturated heterocycles. The summed E-state index contributed by atoms with van der Waals surface area (Å²) in [5, 5.41) is 26.4. The highest BCUT2D eigenvalue weighted by atomic mass is 16.6. The second kappa shape index (κ2) is 14.3. The average molecular weight is 825 g/mol. The maximum absolute atomic E-state index is 15.4. The van der Waals surface area contributed by atoms with Crippen LogP contribution in [0.25, 0.3) is 10.9 Å². The van der Waals surface area contributed by atoms with E-state index in [9.17, 15) is 19.8 Å². The van der Waals surface area contributed by atoms with Crippen molar-refractivity contribution in [1.29, 1.82) is 0 Å². The number of nitrogens with zero attached hydrogens (tertiary/aromatic N) is 3. The first-order chi connectivity index (χ1) is 28.7. The number of carbonyl (C=O) groups is 3. The number of fused-ring (bicyclic) bond motifs is 6. The molecule has 5 aliphatic heterocycles. The summed E-state index contributed by atoms with van der Waals surface area (Å²) in [7, 11) is 6.17. The first-order valence-electron chi connectivity index (χ1n) is 21.7. The average Bonchev–Trinajstić information content (AvgIpc) is 3.90. The number of aromatic amines is 1. The number of carbonyl (C=O) groups excluding carboxylic acids is 3. The van der Waals surface area contributed by atoms with Gasteiger partial charge in [-0.15, -0.1) is 0 Å². The van der Waals surface area contributed by atoms with Crippen molar-refractivity contribution in [3.63, 3.8) is 0 Å². The fourth-order valence-electron chi connectivity index (χ4n) is 13.7. The summed E-state index contributed by atoms with van der Waals surface area (Å²) in [4.78, 5) is 53.3. The van der Waals surface area contributed by atoms with Crippen LogP contribution in [0.15, 0.2) is 48.6 Å². The number of methoxy groups -OCH3 is 3. The lowest BCUT2D eigenvalue weighted by atomic mass is 9.47. The van der Waals surface area contributed by atoms with E-state index in [0.717, 1.165) is 46.4 Å². The van der Waals surface area contributed by atoms with Gasteiger partial charge in [0, 0.05) is 84.4 Å². The van der Waals surface area contributed by atoms with Gasteiger partial charge in [0.1, 0.15) is 11.2 Å². The van der Waals surface area contributed by atoms with Crippen LogP contribution in [0.1, 0.15) is 81.7 Å². The van der Waals surface area contributed by atoms with Gasteiger partial charge in [0.2, 0.25) is 5.60 Å². The Kier molecular flexibility index (Phi) is 9.77. The molecule has 3 fully saturated rings. The largest absolute Gasteiger partial charge is 0.496 e. The maximum Gasteiger partial charge on any atom is 0.344 e. The third kappa shape index (κ3) is 5.34. The first-order valence-corrected chi connectivity index (χ1v) is 21.7. The Bertz CT molecular complexity index is 2270. The van der Waals surface area contributed by atoms with Crippen molar-refractivity contribution in [2.45, 2.75) is 106 Å². The molecule has 0 radical (unpaired) electrons. The van der Waals surface area contributed by atoms with E-state index < -0.39 is 57.5 Å². The molecule has 60 heavy (non-hydrogen) atoms. The predicted molar refractivity (Wildman–Crippen MR) is 225 cm³/mol. The molecule has 3 aromatic rings. The lowest BCUT2D eigenvalue weighted by Gasteiger charge is -2.63. The van der Waals surface area contributed by atoms with E-state index >= 15 is 4.79 Å². The molecule has 0 amide bonds. The lowest BCUT2D eigenvalue weighted by molar-refractivity contribution is -0.228. The van der Waals surface area contributed by atoms with Gasteiger partial charge >= 0.3 is 17.9 Å². The van der Waals surface area contributed by atoms with Gasteiger partial charge in [-0.25, -0.2) is 4.79 Å². The number of hydrogen-bond donors (Lipinski definition) is 3. The third-order valence-electron chi connectivity index (χ3n) is 15.8. The molecular weight excluding hydrogens is 765 g/mol. The number of anilines is 1. The van der Waals surface area contributed by atoms with Crippen LogP contribution in [0.4, 0.5) is 5.69 Å². The quantitative estimate of drug-likeness (QED) is 0.176. The number of benzene rings is 2. The lowest BCUT2D eigenvalue weighted by Crippen LogP contribution is -2.81. The SMILES string of the molecule is CC[C@]1(O)C[C@@H]2CN(CCCc3c([nH]c4ccccc34)[C@](C(=O)OC)(c3cc4c(cc3OC)N(C)[C@H]3[C@@](O)(C(=O)OC)[C@H](OC(C)=O)[C@]5(CC)C=CCN6CC[C@]43[C@@H]65)C2)C1.